The Morgan fingerprint density at radius 2 is 1.00 bits per heavy atom. The summed E-state index contributed by atoms with van der Waals surface area (Å²) in [5, 5.41) is 20.7. The molecule has 0 unspecified atom stereocenters. The summed E-state index contributed by atoms with van der Waals surface area (Å²) in [4.78, 5) is 47.3. The zero-order valence-corrected chi connectivity index (χ0v) is 30.0. The maximum atomic E-state index is 13.0. The third-order valence-electron chi connectivity index (χ3n) is 8.92. The number of rotatable bonds is 7. The van der Waals surface area contributed by atoms with Crippen LogP contribution in [0.1, 0.15) is 5.69 Å². The van der Waals surface area contributed by atoms with Gasteiger partial charge in [-0.25, -0.2) is 24.9 Å². The summed E-state index contributed by atoms with van der Waals surface area (Å²) in [6.07, 6.45) is 6.73. The highest BCUT2D eigenvalue weighted by Gasteiger charge is 2.22. The second kappa shape index (κ2) is 15.3. The molecule has 0 radical (unpaired) electrons. The first-order valence-electron chi connectivity index (χ1n) is 17.9. The maximum Gasteiger partial charge on any atom is 0.263 e. The van der Waals surface area contributed by atoms with Crippen LogP contribution in [0.15, 0.2) is 163 Å². The van der Waals surface area contributed by atoms with Gasteiger partial charge in [-0.15, -0.1) is 0 Å². The van der Waals surface area contributed by atoms with Crippen molar-refractivity contribution in [2.45, 2.75) is 6.61 Å². The fraction of sp³-hybridized carbons (Fsp3) is 0.0233. The quantitative estimate of drug-likeness (QED) is 0.178. The largest absolute Gasteiger partial charge is 0.390 e. The zero-order valence-electron chi connectivity index (χ0n) is 30.0. The Morgan fingerprint density at radius 1 is 0.509 bits per heavy atom. The van der Waals surface area contributed by atoms with Gasteiger partial charge in [-0.1, -0.05) is 84.9 Å². The van der Waals surface area contributed by atoms with Crippen molar-refractivity contribution in [3.8, 4) is 57.2 Å². The molecule has 10 aromatic rings. The first-order valence-corrected chi connectivity index (χ1v) is 17.9. The summed E-state index contributed by atoms with van der Waals surface area (Å²) in [6, 6.07) is 41.5. The minimum Gasteiger partial charge on any atom is -0.390 e. The van der Waals surface area contributed by atoms with E-state index in [4.69, 9.17) is 10.1 Å². The number of aliphatic hydroxyl groups excluding tert-OH is 1. The minimum absolute atomic E-state index is 0.243. The molecule has 10 rings (SSSR count). The summed E-state index contributed by atoms with van der Waals surface area (Å²) in [6.45, 7) is -0.243. The summed E-state index contributed by atoms with van der Waals surface area (Å²) in [5.41, 5.74) is 5.44. The molecule has 0 aliphatic heterocycles. The Bertz CT molecular complexity index is 3000. The van der Waals surface area contributed by atoms with E-state index >= 15 is 0 Å². The maximum absolute atomic E-state index is 13.0. The highest BCUT2D eigenvalue weighted by molar-refractivity contribution is 5.95. The molecule has 0 amide bonds. The molecule has 0 bridgehead atoms. The molecule has 8 heterocycles. The Kier molecular flexibility index (Phi) is 9.32. The normalized spacial score (nSPS) is 11.0. The first-order chi connectivity index (χ1) is 28.2. The molecule has 0 spiro atoms. The Balaban J connectivity index is 0.000000148. The molecule has 0 aliphatic carbocycles. The lowest BCUT2D eigenvalue weighted by atomic mass is 10.1. The molecule has 0 atom stereocenters. The predicted octanol–water partition coefficient (Wildman–Crippen LogP) is 6.66. The van der Waals surface area contributed by atoms with E-state index in [-0.39, 0.29) is 12.2 Å². The lowest BCUT2D eigenvalue weighted by Crippen LogP contribution is -2.11. The first kappa shape index (κ1) is 34.7. The standard InChI is InChI=1S/C22H16N6O.C21H14N6O/c29-14-17-19-20(15-8-2-1-3-9-15)27-28(18-11-5-7-13-24-18)22(19)26-21(25-17)16-10-4-6-12-23-16;28-21-17-18(14-8-2-1-3-9-14)26-27(16-11-5-7-13-23-16)20(17)24-19(25-21)15-10-4-6-12-22-15/h1-13,29H,14H2;1-13H,(H,24,25,28). The van der Waals surface area contributed by atoms with Crippen molar-refractivity contribution in [1.82, 2.24) is 59.4 Å². The van der Waals surface area contributed by atoms with Gasteiger partial charge in [0.15, 0.2) is 34.6 Å². The van der Waals surface area contributed by atoms with Crippen molar-refractivity contribution >= 4 is 22.1 Å². The van der Waals surface area contributed by atoms with E-state index in [1.54, 1.807) is 40.2 Å². The van der Waals surface area contributed by atoms with Gasteiger partial charge in [-0.2, -0.15) is 19.6 Å². The highest BCUT2D eigenvalue weighted by atomic mass is 16.3. The average Bonchev–Trinajstić information content (AvgIpc) is 3.88. The van der Waals surface area contributed by atoms with Crippen LogP contribution in [0.4, 0.5) is 0 Å². The third-order valence-corrected chi connectivity index (χ3v) is 8.92. The fourth-order valence-corrected chi connectivity index (χ4v) is 6.33. The lowest BCUT2D eigenvalue weighted by Gasteiger charge is -2.06. The Labute approximate surface area is 323 Å². The van der Waals surface area contributed by atoms with Gasteiger partial charge in [-0.05, 0) is 48.5 Å². The van der Waals surface area contributed by atoms with Gasteiger partial charge in [0.05, 0.1) is 17.7 Å². The highest BCUT2D eigenvalue weighted by Crippen LogP contribution is 2.32. The molecule has 0 aliphatic rings. The van der Waals surface area contributed by atoms with Gasteiger partial charge in [0, 0.05) is 35.9 Å². The van der Waals surface area contributed by atoms with Crippen LogP contribution in [0, 0.1) is 0 Å². The SMILES string of the molecule is O=c1[nH]c(-c2ccccn2)nc2c1c(-c1ccccc1)nn2-c1ccccn1.OCc1nc(-c2ccccn2)nc2c1c(-c1ccccc1)nn2-c1ccccn1. The minimum atomic E-state index is -0.272. The summed E-state index contributed by atoms with van der Waals surface area (Å²) < 4.78 is 3.28. The molecule has 274 valence electrons. The molecule has 8 aromatic heterocycles. The summed E-state index contributed by atoms with van der Waals surface area (Å²) in [7, 11) is 0. The van der Waals surface area contributed by atoms with Gasteiger partial charge in [-0.3, -0.25) is 14.8 Å². The van der Waals surface area contributed by atoms with Gasteiger partial charge in [0.1, 0.15) is 28.2 Å². The molecule has 14 nitrogen and oxygen atoms in total. The van der Waals surface area contributed by atoms with E-state index in [9.17, 15) is 9.90 Å². The molecule has 2 aromatic carbocycles. The molecule has 2 N–H and O–H groups in total. The number of aromatic amines is 1. The smallest absolute Gasteiger partial charge is 0.263 e. The number of aromatic nitrogens is 12. The van der Waals surface area contributed by atoms with Crippen molar-refractivity contribution in [1.29, 1.82) is 0 Å². The third kappa shape index (κ3) is 6.79. The van der Waals surface area contributed by atoms with Crippen LogP contribution in [-0.4, -0.2) is 64.5 Å². The van der Waals surface area contributed by atoms with Crippen LogP contribution in [0.2, 0.25) is 0 Å². The van der Waals surface area contributed by atoms with Crippen LogP contribution in [0.3, 0.4) is 0 Å². The molecule has 0 saturated heterocycles. The van der Waals surface area contributed by atoms with Crippen molar-refractivity contribution in [3.63, 3.8) is 0 Å². The number of hydrogen-bond donors (Lipinski definition) is 2. The van der Waals surface area contributed by atoms with E-state index in [2.05, 4.69) is 40.0 Å². The van der Waals surface area contributed by atoms with Crippen LogP contribution in [0.5, 0.6) is 0 Å². The molecule has 14 heteroatoms. The Morgan fingerprint density at radius 3 is 1.51 bits per heavy atom. The molecular formula is C43H30N12O2. The van der Waals surface area contributed by atoms with Gasteiger partial charge in [0.25, 0.3) is 5.56 Å². The van der Waals surface area contributed by atoms with E-state index in [1.807, 2.05) is 127 Å². The summed E-state index contributed by atoms with van der Waals surface area (Å²) >= 11 is 0. The van der Waals surface area contributed by atoms with Crippen LogP contribution in [-0.2, 0) is 6.61 Å². The van der Waals surface area contributed by atoms with E-state index in [0.717, 1.165) is 11.1 Å². The van der Waals surface area contributed by atoms with Crippen molar-refractivity contribution in [2.24, 2.45) is 0 Å². The number of hydrogen-bond acceptors (Lipinski definition) is 11. The molecule has 0 fully saturated rings. The predicted molar refractivity (Wildman–Crippen MR) is 215 cm³/mol. The number of nitrogens with zero attached hydrogens (tertiary/aromatic N) is 11. The second-order valence-electron chi connectivity index (χ2n) is 12.5. The average molecular weight is 747 g/mol. The van der Waals surface area contributed by atoms with Gasteiger partial charge < -0.3 is 10.1 Å². The number of aliphatic hydroxyl groups is 1. The monoisotopic (exact) mass is 746 g/mol. The fourth-order valence-electron chi connectivity index (χ4n) is 6.33. The number of nitrogens with one attached hydrogen (secondary N) is 1. The van der Waals surface area contributed by atoms with Crippen molar-refractivity contribution in [3.05, 3.63) is 174 Å². The molecule has 0 saturated carbocycles. The van der Waals surface area contributed by atoms with Gasteiger partial charge in [0.2, 0.25) is 0 Å². The molecule has 57 heavy (non-hydrogen) atoms. The van der Waals surface area contributed by atoms with E-state index < -0.39 is 0 Å². The van der Waals surface area contributed by atoms with Gasteiger partial charge >= 0.3 is 0 Å². The second-order valence-corrected chi connectivity index (χ2v) is 12.5. The summed E-state index contributed by atoms with van der Waals surface area (Å²) in [5.74, 6) is 2.03. The number of H-pyrrole nitrogens is 1. The van der Waals surface area contributed by atoms with Crippen LogP contribution >= 0.6 is 0 Å². The Hall–Kier alpha value is -8.10. The van der Waals surface area contributed by atoms with Crippen molar-refractivity contribution in [2.75, 3.05) is 0 Å². The number of pyridine rings is 4. The topological polar surface area (TPSA) is 179 Å². The lowest BCUT2D eigenvalue weighted by molar-refractivity contribution is 0.278. The van der Waals surface area contributed by atoms with E-state index in [0.29, 0.717) is 73.8 Å². The number of fused-ring (bicyclic) bond motifs is 2. The molecular weight excluding hydrogens is 717 g/mol. The van der Waals surface area contributed by atoms with Crippen molar-refractivity contribution < 1.29 is 5.11 Å². The van der Waals surface area contributed by atoms with E-state index in [1.165, 1.54) is 0 Å². The number of benzene rings is 2. The van der Waals surface area contributed by atoms with Crippen LogP contribution in [0.25, 0.3) is 79.3 Å². The van der Waals surface area contributed by atoms with Crippen LogP contribution < -0.4 is 5.56 Å². The zero-order chi connectivity index (χ0) is 38.6.